The van der Waals surface area contributed by atoms with Crippen molar-refractivity contribution in [1.29, 1.82) is 0 Å². The summed E-state index contributed by atoms with van der Waals surface area (Å²) in [6, 6.07) is 96.2. The maximum absolute atomic E-state index is 6.19. The molecule has 3 heteroatoms. The molecule has 3 nitrogen and oxygen atoms in total. The van der Waals surface area contributed by atoms with Crippen LogP contribution in [0.2, 0.25) is 0 Å². The lowest BCUT2D eigenvalue weighted by Crippen LogP contribution is -2.11. The molecule has 0 radical (unpaired) electrons. The Morgan fingerprint density at radius 1 is 0.275 bits per heavy atom. The highest BCUT2D eigenvalue weighted by molar-refractivity contribution is 6.10. The van der Waals surface area contributed by atoms with E-state index < -0.39 is 0 Å². The van der Waals surface area contributed by atoms with E-state index >= 15 is 0 Å². The minimum Gasteiger partial charge on any atom is -0.456 e. The molecule has 0 N–H and O–H groups in total. The Bertz CT molecular complexity index is 4000. The minimum atomic E-state index is 0.896. The van der Waals surface area contributed by atoms with Crippen LogP contribution in [-0.2, 0) is 0 Å². The van der Waals surface area contributed by atoms with Gasteiger partial charge in [0.15, 0.2) is 0 Å². The second-order valence-electron chi connectivity index (χ2n) is 17.6. The van der Waals surface area contributed by atoms with Gasteiger partial charge in [-0.1, -0.05) is 194 Å². The van der Waals surface area contributed by atoms with Crippen LogP contribution in [0, 0.1) is 0 Å². The molecule has 0 bridgehead atoms. The van der Waals surface area contributed by atoms with Crippen molar-refractivity contribution in [1.82, 2.24) is 4.57 Å². The number of nitrogens with zero attached hydrogens (tertiary/aromatic N) is 2. The lowest BCUT2D eigenvalue weighted by molar-refractivity contribution is 0.669. The van der Waals surface area contributed by atoms with Crippen molar-refractivity contribution < 1.29 is 4.42 Å². The van der Waals surface area contributed by atoms with Crippen molar-refractivity contribution >= 4 is 60.8 Å². The standard InChI is InChI=1S/C66H44N2O/c1-3-17-47(18-4-1)53-21-7-8-22-54(53)55-23-9-10-24-56(55)57-25-11-14-28-62(57)67(51-37-31-45(32-38-51)48-36-42-66-61(43-48)60-27-13-16-30-65(60)69-66)52-39-33-46(34-40-52)49-35-41-59-58-26-12-15-29-63(58)68(64(59)44-49)50-19-5-2-6-20-50/h1-44H. The molecule has 13 rings (SSSR count). The number of aromatic nitrogens is 1. The second-order valence-corrected chi connectivity index (χ2v) is 17.6. The van der Waals surface area contributed by atoms with Crippen LogP contribution in [0.15, 0.2) is 271 Å². The van der Waals surface area contributed by atoms with Crippen LogP contribution in [0.4, 0.5) is 17.1 Å². The van der Waals surface area contributed by atoms with E-state index in [0.29, 0.717) is 0 Å². The lowest BCUT2D eigenvalue weighted by Gasteiger charge is -2.29. The van der Waals surface area contributed by atoms with Crippen LogP contribution in [0.5, 0.6) is 0 Å². The molecular formula is C66H44N2O. The topological polar surface area (TPSA) is 21.3 Å². The second kappa shape index (κ2) is 16.9. The van der Waals surface area contributed by atoms with E-state index in [2.05, 4.69) is 264 Å². The number of anilines is 3. The van der Waals surface area contributed by atoms with E-state index in [-0.39, 0.29) is 0 Å². The van der Waals surface area contributed by atoms with Crippen LogP contribution in [0.25, 0.3) is 105 Å². The molecule has 2 aromatic heterocycles. The molecule has 0 unspecified atom stereocenters. The monoisotopic (exact) mass is 880 g/mol. The molecule has 324 valence electrons. The Labute approximate surface area is 401 Å². The average molecular weight is 881 g/mol. The normalized spacial score (nSPS) is 11.5. The fraction of sp³-hybridized carbons (Fsp3) is 0. The first-order valence-corrected chi connectivity index (χ1v) is 23.6. The Morgan fingerprint density at radius 2 is 0.754 bits per heavy atom. The van der Waals surface area contributed by atoms with Crippen molar-refractivity contribution in [3.63, 3.8) is 0 Å². The van der Waals surface area contributed by atoms with E-state index in [9.17, 15) is 0 Å². The third kappa shape index (κ3) is 7.08. The van der Waals surface area contributed by atoms with Gasteiger partial charge < -0.3 is 13.9 Å². The molecule has 0 atom stereocenters. The van der Waals surface area contributed by atoms with Gasteiger partial charge in [-0.25, -0.2) is 0 Å². The molecule has 11 aromatic carbocycles. The van der Waals surface area contributed by atoms with Gasteiger partial charge in [-0.3, -0.25) is 0 Å². The first kappa shape index (κ1) is 40.1. The Morgan fingerprint density at radius 3 is 1.46 bits per heavy atom. The van der Waals surface area contributed by atoms with Gasteiger partial charge in [0.05, 0.1) is 16.7 Å². The van der Waals surface area contributed by atoms with E-state index in [0.717, 1.165) is 72.5 Å². The van der Waals surface area contributed by atoms with Crippen LogP contribution in [-0.4, -0.2) is 4.57 Å². The van der Waals surface area contributed by atoms with Gasteiger partial charge in [0, 0.05) is 44.2 Å². The highest BCUT2D eigenvalue weighted by Gasteiger charge is 2.21. The molecule has 0 fully saturated rings. The van der Waals surface area contributed by atoms with Crippen molar-refractivity contribution in [3.8, 4) is 61.3 Å². The summed E-state index contributed by atoms with van der Waals surface area (Å²) in [7, 11) is 0. The molecule has 0 amide bonds. The van der Waals surface area contributed by atoms with Crippen LogP contribution in [0.1, 0.15) is 0 Å². The first-order chi connectivity index (χ1) is 34.2. The molecule has 0 saturated heterocycles. The number of furan rings is 1. The number of hydrogen-bond acceptors (Lipinski definition) is 2. The number of para-hydroxylation sites is 4. The minimum absolute atomic E-state index is 0.896. The Kier molecular flexibility index (Phi) is 9.84. The molecule has 0 saturated carbocycles. The SMILES string of the molecule is c1ccc(-c2ccccc2-c2ccccc2-c2ccccc2N(c2ccc(-c3ccc4oc5ccccc5c4c3)cc2)c2ccc(-c3ccc4c5ccccc5n(-c5ccccc5)c4c3)cc2)cc1. The Hall–Kier alpha value is -9.18. The quantitative estimate of drug-likeness (QED) is 0.144. The van der Waals surface area contributed by atoms with Crippen molar-refractivity contribution in [3.05, 3.63) is 267 Å². The van der Waals surface area contributed by atoms with Gasteiger partial charge in [0.2, 0.25) is 0 Å². The third-order valence-corrected chi connectivity index (χ3v) is 13.6. The lowest BCUT2D eigenvalue weighted by atomic mass is 9.88. The largest absolute Gasteiger partial charge is 0.456 e. The fourth-order valence-corrected chi connectivity index (χ4v) is 10.4. The maximum Gasteiger partial charge on any atom is 0.135 e. The van der Waals surface area contributed by atoms with Crippen molar-refractivity contribution in [2.24, 2.45) is 0 Å². The van der Waals surface area contributed by atoms with Gasteiger partial charge in [-0.05, 0) is 123 Å². The van der Waals surface area contributed by atoms with Gasteiger partial charge in [0.1, 0.15) is 11.2 Å². The van der Waals surface area contributed by atoms with Crippen LogP contribution in [0.3, 0.4) is 0 Å². The van der Waals surface area contributed by atoms with Gasteiger partial charge >= 0.3 is 0 Å². The van der Waals surface area contributed by atoms with E-state index in [4.69, 9.17) is 4.42 Å². The summed E-state index contributed by atoms with van der Waals surface area (Å²) in [6.07, 6.45) is 0. The summed E-state index contributed by atoms with van der Waals surface area (Å²) in [5, 5.41) is 4.74. The van der Waals surface area contributed by atoms with E-state index in [1.165, 1.54) is 49.6 Å². The highest BCUT2D eigenvalue weighted by Crippen LogP contribution is 2.46. The van der Waals surface area contributed by atoms with Gasteiger partial charge in [0.25, 0.3) is 0 Å². The molecule has 0 spiro atoms. The van der Waals surface area contributed by atoms with E-state index in [1.54, 1.807) is 0 Å². The predicted octanol–water partition coefficient (Wildman–Crippen LogP) is 18.5. The number of fused-ring (bicyclic) bond motifs is 6. The molecule has 69 heavy (non-hydrogen) atoms. The number of rotatable bonds is 9. The molecular weight excluding hydrogens is 837 g/mol. The average Bonchev–Trinajstić information content (AvgIpc) is 3.97. The third-order valence-electron chi connectivity index (χ3n) is 13.6. The zero-order valence-electron chi connectivity index (χ0n) is 37.7. The van der Waals surface area contributed by atoms with Crippen LogP contribution < -0.4 is 4.90 Å². The van der Waals surface area contributed by atoms with Crippen LogP contribution >= 0.6 is 0 Å². The molecule has 0 aliphatic heterocycles. The molecule has 0 aliphatic carbocycles. The predicted molar refractivity (Wildman–Crippen MR) is 290 cm³/mol. The summed E-state index contributed by atoms with van der Waals surface area (Å²) in [4.78, 5) is 2.41. The summed E-state index contributed by atoms with van der Waals surface area (Å²) in [6.45, 7) is 0. The van der Waals surface area contributed by atoms with E-state index in [1.807, 2.05) is 12.1 Å². The smallest absolute Gasteiger partial charge is 0.135 e. The first-order valence-electron chi connectivity index (χ1n) is 23.6. The van der Waals surface area contributed by atoms with Gasteiger partial charge in [-0.2, -0.15) is 0 Å². The summed E-state index contributed by atoms with van der Waals surface area (Å²) in [5.74, 6) is 0. The summed E-state index contributed by atoms with van der Waals surface area (Å²) >= 11 is 0. The zero-order valence-corrected chi connectivity index (χ0v) is 37.7. The fourth-order valence-electron chi connectivity index (χ4n) is 10.4. The molecule has 2 heterocycles. The molecule has 0 aliphatic rings. The van der Waals surface area contributed by atoms with Crippen molar-refractivity contribution in [2.45, 2.75) is 0 Å². The Balaban J connectivity index is 0.945. The maximum atomic E-state index is 6.19. The van der Waals surface area contributed by atoms with Crippen molar-refractivity contribution in [2.75, 3.05) is 4.90 Å². The number of hydrogen-bond donors (Lipinski definition) is 0. The molecule has 13 aromatic rings. The summed E-state index contributed by atoms with van der Waals surface area (Å²) in [5.41, 5.74) is 20.2. The van der Waals surface area contributed by atoms with Gasteiger partial charge in [-0.15, -0.1) is 0 Å². The summed E-state index contributed by atoms with van der Waals surface area (Å²) < 4.78 is 8.57. The zero-order chi connectivity index (χ0) is 45.7. The highest BCUT2D eigenvalue weighted by atomic mass is 16.3. The number of benzene rings is 11.